The standard InChI is InChI=1S/C25H33F2N3O/c1-6-7-18-14-19(26)15-21(27)22(18)25(5)10-12-30(13-11-25)24-28-17(4)20(23(31)29-24)9-8-16(2)3/h8-9,14-16H,6-7,10-13H2,1-5H3,(H,28,29,31)/b9-8-. The highest BCUT2D eigenvalue weighted by Crippen LogP contribution is 2.39. The third kappa shape index (κ3) is 5.05. The van der Waals surface area contributed by atoms with Crippen LogP contribution in [0.1, 0.15) is 69.3 Å². The average molecular weight is 430 g/mol. The second-order valence-corrected chi connectivity index (χ2v) is 9.21. The van der Waals surface area contributed by atoms with E-state index >= 15 is 0 Å². The van der Waals surface area contributed by atoms with Gasteiger partial charge in [0.15, 0.2) is 0 Å². The van der Waals surface area contributed by atoms with Gasteiger partial charge in [0.25, 0.3) is 5.56 Å². The molecule has 1 aliphatic heterocycles. The largest absolute Gasteiger partial charge is 0.342 e. The molecule has 0 spiro atoms. The number of hydrogen-bond donors (Lipinski definition) is 1. The van der Waals surface area contributed by atoms with Gasteiger partial charge in [-0.1, -0.05) is 46.3 Å². The van der Waals surface area contributed by atoms with E-state index in [4.69, 9.17) is 0 Å². The maximum absolute atomic E-state index is 14.8. The number of nitrogens with one attached hydrogen (secondary N) is 1. The molecule has 1 saturated heterocycles. The Morgan fingerprint density at radius 1 is 1.26 bits per heavy atom. The zero-order chi connectivity index (χ0) is 22.8. The van der Waals surface area contributed by atoms with Crippen molar-refractivity contribution >= 4 is 12.0 Å². The lowest BCUT2D eigenvalue weighted by atomic mass is 9.72. The molecular formula is C25H33F2N3O. The molecule has 4 nitrogen and oxygen atoms in total. The summed E-state index contributed by atoms with van der Waals surface area (Å²) in [5.41, 5.74) is 2.15. The predicted octanol–water partition coefficient (Wildman–Crippen LogP) is 5.54. The Hall–Kier alpha value is -2.50. The smallest absolute Gasteiger partial charge is 0.259 e. The van der Waals surface area contributed by atoms with Gasteiger partial charge in [0.1, 0.15) is 11.6 Å². The topological polar surface area (TPSA) is 49.0 Å². The lowest BCUT2D eigenvalue weighted by Crippen LogP contribution is -2.43. The van der Waals surface area contributed by atoms with E-state index in [1.165, 1.54) is 6.07 Å². The van der Waals surface area contributed by atoms with Gasteiger partial charge in [-0.05, 0) is 54.7 Å². The van der Waals surface area contributed by atoms with Gasteiger partial charge in [-0.3, -0.25) is 9.78 Å². The maximum atomic E-state index is 14.8. The van der Waals surface area contributed by atoms with E-state index < -0.39 is 11.6 Å². The van der Waals surface area contributed by atoms with E-state index in [9.17, 15) is 13.6 Å². The van der Waals surface area contributed by atoms with E-state index in [2.05, 4.69) is 30.7 Å². The Kier molecular flexibility index (Phi) is 6.97. The van der Waals surface area contributed by atoms with Crippen LogP contribution >= 0.6 is 0 Å². The number of piperidine rings is 1. The summed E-state index contributed by atoms with van der Waals surface area (Å²) in [4.78, 5) is 22.2. The number of nitrogens with zero attached hydrogens (tertiary/aromatic N) is 2. The number of aromatic amines is 1. The predicted molar refractivity (Wildman–Crippen MR) is 123 cm³/mol. The summed E-state index contributed by atoms with van der Waals surface area (Å²) in [5.74, 6) is -0.0695. The first kappa shape index (κ1) is 23.2. The summed E-state index contributed by atoms with van der Waals surface area (Å²) in [6, 6.07) is 2.48. The molecule has 0 amide bonds. The normalized spacial score (nSPS) is 16.5. The van der Waals surface area contributed by atoms with Crippen molar-refractivity contribution in [2.75, 3.05) is 18.0 Å². The van der Waals surface area contributed by atoms with E-state index in [1.54, 1.807) is 0 Å². The minimum atomic E-state index is -0.519. The Morgan fingerprint density at radius 2 is 1.94 bits per heavy atom. The van der Waals surface area contributed by atoms with Gasteiger partial charge in [-0.15, -0.1) is 0 Å². The third-order valence-electron chi connectivity index (χ3n) is 6.21. The molecule has 6 heteroatoms. The number of aryl methyl sites for hydroxylation is 2. The van der Waals surface area contributed by atoms with Crippen molar-refractivity contribution in [2.24, 2.45) is 5.92 Å². The molecule has 0 unspecified atom stereocenters. The molecule has 1 aromatic heterocycles. The van der Waals surface area contributed by atoms with Crippen molar-refractivity contribution in [3.8, 4) is 0 Å². The van der Waals surface area contributed by atoms with Crippen LogP contribution in [0.2, 0.25) is 0 Å². The van der Waals surface area contributed by atoms with Gasteiger partial charge >= 0.3 is 0 Å². The molecule has 0 aliphatic carbocycles. The SMILES string of the molecule is CCCc1cc(F)cc(F)c1C1(C)CCN(c2nc(C)c(/C=C\C(C)C)c(=O)[nH]2)CC1. The van der Waals surface area contributed by atoms with Crippen LogP contribution < -0.4 is 10.5 Å². The van der Waals surface area contributed by atoms with E-state index in [-0.39, 0.29) is 11.0 Å². The number of hydrogen-bond acceptors (Lipinski definition) is 3. The van der Waals surface area contributed by atoms with Crippen molar-refractivity contribution in [3.63, 3.8) is 0 Å². The summed E-state index contributed by atoms with van der Waals surface area (Å²) in [6.07, 6.45) is 6.70. The molecule has 3 rings (SSSR count). The molecule has 0 bridgehead atoms. The number of rotatable bonds is 6. The Labute approximate surface area is 183 Å². The number of benzene rings is 1. The molecule has 31 heavy (non-hydrogen) atoms. The molecule has 2 heterocycles. The molecule has 168 valence electrons. The van der Waals surface area contributed by atoms with Crippen molar-refractivity contribution in [1.82, 2.24) is 9.97 Å². The number of allylic oxidation sites excluding steroid dienone is 1. The summed E-state index contributed by atoms with van der Waals surface area (Å²) < 4.78 is 28.7. The molecule has 1 fully saturated rings. The van der Waals surface area contributed by atoms with Crippen molar-refractivity contribution in [3.05, 3.63) is 62.6 Å². The number of H-pyrrole nitrogens is 1. The zero-order valence-electron chi connectivity index (χ0n) is 19.2. The van der Waals surface area contributed by atoms with Gasteiger partial charge < -0.3 is 4.90 Å². The highest BCUT2D eigenvalue weighted by Gasteiger charge is 2.36. The summed E-state index contributed by atoms with van der Waals surface area (Å²) in [6.45, 7) is 11.3. The summed E-state index contributed by atoms with van der Waals surface area (Å²) in [7, 11) is 0. The zero-order valence-corrected chi connectivity index (χ0v) is 19.2. The fourth-order valence-corrected chi connectivity index (χ4v) is 4.45. The molecule has 2 aromatic rings. The van der Waals surface area contributed by atoms with Crippen LogP contribution in [-0.2, 0) is 11.8 Å². The van der Waals surface area contributed by atoms with E-state index in [0.29, 0.717) is 61.0 Å². The van der Waals surface area contributed by atoms with E-state index in [1.807, 2.05) is 30.9 Å². The summed E-state index contributed by atoms with van der Waals surface area (Å²) in [5, 5.41) is 0. The lowest BCUT2D eigenvalue weighted by Gasteiger charge is -2.41. The molecule has 1 aromatic carbocycles. The molecule has 1 aliphatic rings. The molecule has 0 radical (unpaired) electrons. The van der Waals surface area contributed by atoms with Crippen LogP contribution in [-0.4, -0.2) is 23.1 Å². The van der Waals surface area contributed by atoms with Crippen LogP contribution in [0.4, 0.5) is 14.7 Å². The number of aromatic nitrogens is 2. The third-order valence-corrected chi connectivity index (χ3v) is 6.21. The van der Waals surface area contributed by atoms with Gasteiger partial charge in [-0.25, -0.2) is 13.8 Å². The quantitative estimate of drug-likeness (QED) is 0.656. The molecule has 0 atom stereocenters. The highest BCUT2D eigenvalue weighted by atomic mass is 19.1. The van der Waals surface area contributed by atoms with Gasteiger partial charge in [0.05, 0.1) is 11.3 Å². The first-order valence-corrected chi connectivity index (χ1v) is 11.2. The first-order chi connectivity index (χ1) is 14.6. The summed E-state index contributed by atoms with van der Waals surface area (Å²) >= 11 is 0. The van der Waals surface area contributed by atoms with Crippen LogP contribution in [0.3, 0.4) is 0 Å². The Bertz CT molecular complexity index is 1020. The van der Waals surface area contributed by atoms with Crippen LogP contribution in [0.5, 0.6) is 0 Å². The van der Waals surface area contributed by atoms with Crippen LogP contribution in [0.25, 0.3) is 6.08 Å². The fourth-order valence-electron chi connectivity index (χ4n) is 4.45. The van der Waals surface area contributed by atoms with Crippen LogP contribution in [0.15, 0.2) is 23.0 Å². The van der Waals surface area contributed by atoms with Crippen LogP contribution in [0, 0.1) is 24.5 Å². The van der Waals surface area contributed by atoms with Crippen molar-refractivity contribution < 1.29 is 8.78 Å². The van der Waals surface area contributed by atoms with Gasteiger partial charge in [-0.2, -0.15) is 0 Å². The second-order valence-electron chi connectivity index (χ2n) is 9.21. The molecule has 1 N–H and O–H groups in total. The van der Waals surface area contributed by atoms with Gasteiger partial charge in [0.2, 0.25) is 5.95 Å². The van der Waals surface area contributed by atoms with Crippen molar-refractivity contribution in [2.45, 2.75) is 65.7 Å². The molecule has 0 saturated carbocycles. The lowest BCUT2D eigenvalue weighted by molar-refractivity contribution is 0.343. The Balaban J connectivity index is 1.84. The molecular weight excluding hydrogens is 396 g/mol. The second kappa shape index (κ2) is 9.33. The average Bonchev–Trinajstić information content (AvgIpc) is 2.67. The monoisotopic (exact) mass is 429 g/mol. The minimum absolute atomic E-state index is 0.150. The maximum Gasteiger partial charge on any atom is 0.259 e. The highest BCUT2D eigenvalue weighted by molar-refractivity contribution is 5.52. The fraction of sp³-hybridized carbons (Fsp3) is 0.520. The first-order valence-electron chi connectivity index (χ1n) is 11.2. The minimum Gasteiger partial charge on any atom is -0.342 e. The van der Waals surface area contributed by atoms with Gasteiger partial charge in [0, 0.05) is 19.2 Å². The number of halogens is 2. The van der Waals surface area contributed by atoms with E-state index in [0.717, 1.165) is 18.1 Å². The van der Waals surface area contributed by atoms with Crippen molar-refractivity contribution in [1.29, 1.82) is 0 Å². The number of anilines is 1. The Morgan fingerprint density at radius 3 is 2.52 bits per heavy atom.